The predicted molar refractivity (Wildman–Crippen MR) is 205 cm³/mol. The minimum absolute atomic E-state index is 0.0387. The molecule has 15 nitrogen and oxygen atoms in total. The topological polar surface area (TPSA) is 210 Å². The Bertz CT molecular complexity index is 946. The first kappa shape index (κ1) is 51.4. The summed E-state index contributed by atoms with van der Waals surface area (Å²) in [4.78, 5) is 70.7. The van der Waals surface area contributed by atoms with Crippen molar-refractivity contribution < 1.29 is 67.4 Å². The van der Waals surface area contributed by atoms with E-state index in [1.165, 1.54) is 38.5 Å². The second-order valence-corrected chi connectivity index (χ2v) is 13.8. The van der Waals surface area contributed by atoms with Crippen LogP contribution in [0.2, 0.25) is 0 Å². The van der Waals surface area contributed by atoms with Crippen molar-refractivity contribution in [3.8, 4) is 0 Å². The molecule has 15 heteroatoms. The Morgan fingerprint density at radius 1 is 0.436 bits per heavy atom. The SMILES string of the molecule is CCCCCCCCOC(=O)CCCC(CCCC(=O)O)OC(=O)OCCNCCOC(=O)OC(CCCC(=O)O)CCCC(=O)OCCCCCCCC. The zero-order valence-corrected chi connectivity index (χ0v) is 33.7. The molecule has 0 rings (SSSR count). The molecule has 0 aromatic rings. The molecule has 0 radical (unpaired) electrons. The third kappa shape index (κ3) is 37.1. The first-order valence-corrected chi connectivity index (χ1v) is 20.7. The molecule has 0 saturated heterocycles. The lowest BCUT2D eigenvalue weighted by molar-refractivity contribution is -0.145. The Morgan fingerprint density at radius 2 is 0.782 bits per heavy atom. The number of carbonyl (C=O) groups excluding carboxylic acids is 4. The monoisotopic (exact) mass is 789 g/mol. The normalized spacial score (nSPS) is 12.0. The molecule has 320 valence electrons. The summed E-state index contributed by atoms with van der Waals surface area (Å²) in [6, 6.07) is 0. The molecule has 0 saturated carbocycles. The highest BCUT2D eigenvalue weighted by atomic mass is 16.7. The van der Waals surface area contributed by atoms with Crippen LogP contribution >= 0.6 is 0 Å². The van der Waals surface area contributed by atoms with Gasteiger partial charge in [0.2, 0.25) is 0 Å². The summed E-state index contributed by atoms with van der Waals surface area (Å²) in [5, 5.41) is 20.9. The van der Waals surface area contributed by atoms with Crippen LogP contribution in [0.4, 0.5) is 9.59 Å². The molecule has 0 amide bonds. The molecule has 0 aliphatic rings. The Hall–Kier alpha value is -3.62. The molecule has 0 bridgehead atoms. The van der Waals surface area contributed by atoms with E-state index in [4.69, 9.17) is 38.6 Å². The number of rotatable bonds is 38. The van der Waals surface area contributed by atoms with Gasteiger partial charge in [-0.25, -0.2) is 9.59 Å². The molecule has 0 aliphatic carbocycles. The van der Waals surface area contributed by atoms with Crippen LogP contribution < -0.4 is 5.32 Å². The number of unbranched alkanes of at least 4 members (excludes halogenated alkanes) is 10. The molecule has 55 heavy (non-hydrogen) atoms. The van der Waals surface area contributed by atoms with Gasteiger partial charge >= 0.3 is 36.2 Å². The number of hydrogen-bond donors (Lipinski definition) is 3. The van der Waals surface area contributed by atoms with Crippen molar-refractivity contribution in [2.45, 2.75) is 180 Å². The molecule has 0 aromatic carbocycles. The fourth-order valence-corrected chi connectivity index (χ4v) is 5.59. The predicted octanol–water partition coefficient (Wildman–Crippen LogP) is 8.28. The van der Waals surface area contributed by atoms with Crippen molar-refractivity contribution >= 4 is 36.2 Å². The van der Waals surface area contributed by atoms with Crippen molar-refractivity contribution in [1.82, 2.24) is 5.32 Å². The van der Waals surface area contributed by atoms with E-state index in [-0.39, 0.29) is 63.9 Å². The second kappa shape index (κ2) is 37.3. The van der Waals surface area contributed by atoms with Crippen LogP contribution in [-0.4, -0.2) is 98.1 Å². The van der Waals surface area contributed by atoms with Crippen LogP contribution in [0.3, 0.4) is 0 Å². The quantitative estimate of drug-likeness (QED) is 0.0305. The van der Waals surface area contributed by atoms with Crippen LogP contribution in [0.15, 0.2) is 0 Å². The molecule has 0 aliphatic heterocycles. The van der Waals surface area contributed by atoms with E-state index in [9.17, 15) is 28.8 Å². The van der Waals surface area contributed by atoms with Crippen LogP contribution in [0.25, 0.3) is 0 Å². The van der Waals surface area contributed by atoms with Gasteiger partial charge in [-0.05, 0) is 64.2 Å². The second-order valence-electron chi connectivity index (χ2n) is 13.8. The summed E-state index contributed by atoms with van der Waals surface area (Å²) in [5.74, 6) is -2.53. The average molecular weight is 790 g/mol. The van der Waals surface area contributed by atoms with Gasteiger partial charge in [0.1, 0.15) is 25.4 Å². The van der Waals surface area contributed by atoms with E-state index in [1.807, 2.05) is 0 Å². The number of carboxylic acids is 2. The van der Waals surface area contributed by atoms with Crippen LogP contribution in [0, 0.1) is 0 Å². The van der Waals surface area contributed by atoms with Crippen molar-refractivity contribution in [2.24, 2.45) is 0 Å². The van der Waals surface area contributed by atoms with E-state index in [2.05, 4.69) is 19.2 Å². The Kier molecular flexibility index (Phi) is 34.9. The minimum atomic E-state index is -0.953. The number of esters is 2. The Balaban J connectivity index is 4.36. The van der Waals surface area contributed by atoms with E-state index < -0.39 is 36.5 Å². The highest BCUT2D eigenvalue weighted by Gasteiger charge is 2.19. The smallest absolute Gasteiger partial charge is 0.481 e. The van der Waals surface area contributed by atoms with E-state index in [1.54, 1.807) is 0 Å². The van der Waals surface area contributed by atoms with Gasteiger partial charge in [0, 0.05) is 38.8 Å². The lowest BCUT2D eigenvalue weighted by Gasteiger charge is -2.18. The van der Waals surface area contributed by atoms with Gasteiger partial charge in [-0.2, -0.15) is 0 Å². The molecule has 0 spiro atoms. The van der Waals surface area contributed by atoms with E-state index in [0.29, 0.717) is 64.6 Å². The van der Waals surface area contributed by atoms with Gasteiger partial charge < -0.3 is 44.0 Å². The van der Waals surface area contributed by atoms with Gasteiger partial charge in [-0.3, -0.25) is 19.2 Å². The number of ether oxygens (including phenoxy) is 6. The summed E-state index contributed by atoms with van der Waals surface area (Å²) in [5.41, 5.74) is 0. The largest absolute Gasteiger partial charge is 0.508 e. The number of aliphatic carboxylic acids is 2. The fourth-order valence-electron chi connectivity index (χ4n) is 5.59. The van der Waals surface area contributed by atoms with E-state index in [0.717, 1.165) is 38.5 Å². The zero-order chi connectivity index (χ0) is 40.8. The number of carbonyl (C=O) groups is 6. The molecular weight excluding hydrogens is 718 g/mol. The molecule has 2 unspecified atom stereocenters. The average Bonchev–Trinajstić information content (AvgIpc) is 3.13. The maximum absolute atomic E-state index is 12.3. The van der Waals surface area contributed by atoms with Crippen LogP contribution in [-0.2, 0) is 47.6 Å². The minimum Gasteiger partial charge on any atom is -0.481 e. The standard InChI is InChI=1S/C40H71NO14/c1-3-5-7-9-11-13-29-50-37(46)25-17-21-33(19-15-23-35(42)43)54-39(48)52-31-27-41-28-32-53-40(49)55-34(20-16-24-36(44)45)22-18-26-38(47)51-30-14-12-10-8-6-4-2/h33-34,41H,3-32H2,1-2H3,(H,42,43)(H,44,45). The zero-order valence-electron chi connectivity index (χ0n) is 33.7. The molecular formula is C40H71NO14. The van der Waals surface area contributed by atoms with Crippen LogP contribution in [0.1, 0.15) is 168 Å². The first-order chi connectivity index (χ1) is 26.6. The number of nitrogens with one attached hydrogen (secondary N) is 1. The Morgan fingerprint density at radius 3 is 1.15 bits per heavy atom. The summed E-state index contributed by atoms with van der Waals surface area (Å²) < 4.78 is 31.6. The van der Waals surface area contributed by atoms with Crippen molar-refractivity contribution in [3.63, 3.8) is 0 Å². The third-order valence-electron chi connectivity index (χ3n) is 8.69. The highest BCUT2D eigenvalue weighted by molar-refractivity contribution is 5.69. The summed E-state index contributed by atoms with van der Waals surface area (Å²) in [7, 11) is 0. The van der Waals surface area contributed by atoms with Gasteiger partial charge in [0.25, 0.3) is 0 Å². The lowest BCUT2D eigenvalue weighted by atomic mass is 10.1. The van der Waals surface area contributed by atoms with E-state index >= 15 is 0 Å². The molecule has 0 heterocycles. The Labute approximate surface area is 328 Å². The van der Waals surface area contributed by atoms with Gasteiger partial charge in [0.05, 0.1) is 13.2 Å². The summed E-state index contributed by atoms with van der Waals surface area (Å²) in [6.07, 6.45) is 13.0. The fraction of sp³-hybridized carbons (Fsp3) is 0.850. The molecule has 0 aromatic heterocycles. The molecule has 0 fully saturated rings. The van der Waals surface area contributed by atoms with Crippen molar-refractivity contribution in [1.29, 1.82) is 0 Å². The van der Waals surface area contributed by atoms with Crippen LogP contribution in [0.5, 0.6) is 0 Å². The molecule has 2 atom stereocenters. The van der Waals surface area contributed by atoms with Crippen molar-refractivity contribution in [2.75, 3.05) is 39.5 Å². The maximum atomic E-state index is 12.3. The first-order valence-electron chi connectivity index (χ1n) is 20.7. The molecule has 3 N–H and O–H groups in total. The lowest BCUT2D eigenvalue weighted by Crippen LogP contribution is -2.28. The van der Waals surface area contributed by atoms with Gasteiger partial charge in [-0.15, -0.1) is 0 Å². The highest BCUT2D eigenvalue weighted by Crippen LogP contribution is 2.16. The summed E-state index contributed by atoms with van der Waals surface area (Å²) >= 11 is 0. The third-order valence-corrected chi connectivity index (χ3v) is 8.69. The van der Waals surface area contributed by atoms with Crippen molar-refractivity contribution in [3.05, 3.63) is 0 Å². The summed E-state index contributed by atoms with van der Waals surface area (Å²) in [6.45, 7) is 5.47. The van der Waals surface area contributed by atoms with Gasteiger partial charge in [-0.1, -0.05) is 78.1 Å². The van der Waals surface area contributed by atoms with Gasteiger partial charge in [0.15, 0.2) is 0 Å². The maximum Gasteiger partial charge on any atom is 0.508 e. The number of hydrogen-bond acceptors (Lipinski definition) is 13. The number of carboxylic acid groups (broad SMARTS) is 2.